The predicted octanol–water partition coefficient (Wildman–Crippen LogP) is 1.78. The Labute approximate surface area is 108 Å². The number of halogens is 1. The van der Waals surface area contributed by atoms with E-state index in [1.165, 1.54) is 4.88 Å². The van der Waals surface area contributed by atoms with Gasteiger partial charge in [-0.05, 0) is 28.4 Å². The number of rotatable bonds is 5. The molecule has 1 amide bonds. The highest BCUT2D eigenvalue weighted by Gasteiger charge is 2.16. The van der Waals surface area contributed by atoms with Gasteiger partial charge in [0, 0.05) is 46.7 Å². The standard InChI is InChI=1S/C11H15BrN2OS/c12-9-3-10(16-7-9)1-2-11(15)14-6-8-4-13-5-8/h3,7-8,13H,1-2,4-6H2,(H,14,15). The molecule has 2 N–H and O–H groups in total. The Kier molecular flexibility index (Phi) is 4.37. The van der Waals surface area contributed by atoms with Gasteiger partial charge < -0.3 is 10.6 Å². The molecule has 1 aromatic heterocycles. The lowest BCUT2D eigenvalue weighted by Gasteiger charge is -2.27. The van der Waals surface area contributed by atoms with Crippen LogP contribution in [0.5, 0.6) is 0 Å². The average molecular weight is 303 g/mol. The van der Waals surface area contributed by atoms with E-state index in [2.05, 4.69) is 32.6 Å². The maximum absolute atomic E-state index is 11.5. The van der Waals surface area contributed by atoms with Gasteiger partial charge in [-0.15, -0.1) is 11.3 Å². The van der Waals surface area contributed by atoms with Crippen molar-refractivity contribution in [2.75, 3.05) is 19.6 Å². The van der Waals surface area contributed by atoms with Crippen molar-refractivity contribution in [2.24, 2.45) is 5.92 Å². The van der Waals surface area contributed by atoms with Gasteiger partial charge in [0.15, 0.2) is 0 Å². The minimum atomic E-state index is 0.163. The van der Waals surface area contributed by atoms with Gasteiger partial charge in [0.1, 0.15) is 0 Å². The van der Waals surface area contributed by atoms with Crippen molar-refractivity contribution in [3.63, 3.8) is 0 Å². The molecule has 0 saturated carbocycles. The number of carbonyl (C=O) groups is 1. The Bertz CT molecular complexity index is 363. The third-order valence-electron chi connectivity index (χ3n) is 2.67. The van der Waals surface area contributed by atoms with Crippen molar-refractivity contribution in [1.82, 2.24) is 10.6 Å². The zero-order valence-electron chi connectivity index (χ0n) is 8.96. The molecule has 0 unspecified atom stereocenters. The Morgan fingerprint density at radius 1 is 1.62 bits per heavy atom. The molecule has 88 valence electrons. The molecule has 1 aliphatic rings. The minimum absolute atomic E-state index is 0.163. The molecule has 0 bridgehead atoms. The number of carbonyl (C=O) groups excluding carboxylic acids is 1. The zero-order chi connectivity index (χ0) is 11.4. The molecule has 16 heavy (non-hydrogen) atoms. The summed E-state index contributed by atoms with van der Waals surface area (Å²) >= 11 is 5.10. The number of aryl methyl sites for hydroxylation is 1. The summed E-state index contributed by atoms with van der Waals surface area (Å²) in [5, 5.41) is 8.22. The van der Waals surface area contributed by atoms with Crippen molar-refractivity contribution in [2.45, 2.75) is 12.8 Å². The number of hydrogen-bond acceptors (Lipinski definition) is 3. The van der Waals surface area contributed by atoms with Crippen LogP contribution in [0.25, 0.3) is 0 Å². The van der Waals surface area contributed by atoms with Gasteiger partial charge in [-0.2, -0.15) is 0 Å². The normalized spacial score (nSPS) is 15.8. The van der Waals surface area contributed by atoms with Crippen LogP contribution in [0.3, 0.4) is 0 Å². The summed E-state index contributed by atoms with van der Waals surface area (Å²) in [6, 6.07) is 2.08. The van der Waals surface area contributed by atoms with Gasteiger partial charge in [-0.1, -0.05) is 0 Å². The summed E-state index contributed by atoms with van der Waals surface area (Å²) in [4.78, 5) is 12.8. The second-order valence-corrected chi connectivity index (χ2v) is 5.97. The van der Waals surface area contributed by atoms with Crippen LogP contribution in [0.15, 0.2) is 15.9 Å². The van der Waals surface area contributed by atoms with Crippen LogP contribution < -0.4 is 10.6 Å². The van der Waals surface area contributed by atoms with E-state index in [1.54, 1.807) is 11.3 Å². The van der Waals surface area contributed by atoms with E-state index in [1.807, 2.05) is 5.38 Å². The topological polar surface area (TPSA) is 41.1 Å². The average Bonchev–Trinajstić information content (AvgIpc) is 2.59. The number of thiophene rings is 1. The van der Waals surface area contributed by atoms with Crippen LogP contribution in [-0.2, 0) is 11.2 Å². The number of nitrogens with one attached hydrogen (secondary N) is 2. The monoisotopic (exact) mass is 302 g/mol. The number of hydrogen-bond donors (Lipinski definition) is 2. The second-order valence-electron chi connectivity index (χ2n) is 4.06. The molecule has 5 heteroatoms. The highest BCUT2D eigenvalue weighted by molar-refractivity contribution is 9.10. The lowest BCUT2D eigenvalue weighted by atomic mass is 10.0. The smallest absolute Gasteiger partial charge is 0.220 e. The molecule has 0 atom stereocenters. The molecular weight excluding hydrogens is 288 g/mol. The van der Waals surface area contributed by atoms with E-state index < -0.39 is 0 Å². The van der Waals surface area contributed by atoms with E-state index in [0.29, 0.717) is 12.3 Å². The molecule has 1 fully saturated rings. The first kappa shape index (κ1) is 12.1. The summed E-state index contributed by atoms with van der Waals surface area (Å²) in [5.74, 6) is 0.802. The van der Waals surface area contributed by atoms with Crippen LogP contribution in [0.2, 0.25) is 0 Å². The Morgan fingerprint density at radius 3 is 3.00 bits per heavy atom. The van der Waals surface area contributed by atoms with Crippen LogP contribution >= 0.6 is 27.3 Å². The lowest BCUT2D eigenvalue weighted by Crippen LogP contribution is -2.48. The molecule has 1 aliphatic heterocycles. The van der Waals surface area contributed by atoms with E-state index in [4.69, 9.17) is 0 Å². The van der Waals surface area contributed by atoms with Crippen LogP contribution in [0, 0.1) is 5.92 Å². The molecular formula is C11H15BrN2OS. The van der Waals surface area contributed by atoms with Crippen LogP contribution in [0.4, 0.5) is 0 Å². The summed E-state index contributed by atoms with van der Waals surface area (Å²) in [5.41, 5.74) is 0. The first-order valence-electron chi connectivity index (χ1n) is 5.44. The number of amides is 1. The van der Waals surface area contributed by atoms with E-state index in [9.17, 15) is 4.79 Å². The van der Waals surface area contributed by atoms with Gasteiger partial charge in [0.25, 0.3) is 0 Å². The van der Waals surface area contributed by atoms with Gasteiger partial charge in [-0.25, -0.2) is 0 Å². The summed E-state index contributed by atoms with van der Waals surface area (Å²) in [7, 11) is 0. The maximum atomic E-state index is 11.5. The van der Waals surface area contributed by atoms with Crippen molar-refractivity contribution in [1.29, 1.82) is 0 Å². The fraction of sp³-hybridized carbons (Fsp3) is 0.545. The molecule has 0 aliphatic carbocycles. The fourth-order valence-corrected chi connectivity index (χ4v) is 3.02. The predicted molar refractivity (Wildman–Crippen MR) is 69.7 cm³/mol. The molecule has 1 aromatic rings. The van der Waals surface area contributed by atoms with Crippen molar-refractivity contribution in [3.05, 3.63) is 20.8 Å². The molecule has 1 saturated heterocycles. The van der Waals surface area contributed by atoms with Crippen molar-refractivity contribution >= 4 is 33.2 Å². The molecule has 0 aromatic carbocycles. The SMILES string of the molecule is O=C(CCc1cc(Br)cs1)NCC1CNC1. The zero-order valence-corrected chi connectivity index (χ0v) is 11.4. The third-order valence-corrected chi connectivity index (χ3v) is 4.43. The van der Waals surface area contributed by atoms with Crippen LogP contribution in [-0.4, -0.2) is 25.5 Å². The fourth-order valence-electron chi connectivity index (χ4n) is 1.56. The molecule has 3 nitrogen and oxygen atoms in total. The molecule has 2 heterocycles. The highest BCUT2D eigenvalue weighted by atomic mass is 79.9. The Morgan fingerprint density at radius 2 is 2.44 bits per heavy atom. The molecule has 0 radical (unpaired) electrons. The van der Waals surface area contributed by atoms with Crippen molar-refractivity contribution in [3.8, 4) is 0 Å². The maximum Gasteiger partial charge on any atom is 0.220 e. The van der Waals surface area contributed by atoms with Gasteiger partial charge >= 0.3 is 0 Å². The minimum Gasteiger partial charge on any atom is -0.356 e. The summed E-state index contributed by atoms with van der Waals surface area (Å²) in [6.07, 6.45) is 1.43. The van der Waals surface area contributed by atoms with E-state index in [0.717, 1.165) is 30.5 Å². The largest absolute Gasteiger partial charge is 0.356 e. The van der Waals surface area contributed by atoms with Gasteiger partial charge in [0.05, 0.1) is 0 Å². The quantitative estimate of drug-likeness (QED) is 0.870. The van der Waals surface area contributed by atoms with Crippen LogP contribution in [0.1, 0.15) is 11.3 Å². The summed E-state index contributed by atoms with van der Waals surface area (Å²) in [6.45, 7) is 2.90. The summed E-state index contributed by atoms with van der Waals surface area (Å²) < 4.78 is 1.11. The molecule has 0 spiro atoms. The Hall–Kier alpha value is -0.390. The van der Waals surface area contributed by atoms with Gasteiger partial charge in [-0.3, -0.25) is 4.79 Å². The van der Waals surface area contributed by atoms with Crippen molar-refractivity contribution < 1.29 is 4.79 Å². The van der Waals surface area contributed by atoms with Gasteiger partial charge in [0.2, 0.25) is 5.91 Å². The van der Waals surface area contributed by atoms with E-state index >= 15 is 0 Å². The Balaban J connectivity index is 1.63. The lowest BCUT2D eigenvalue weighted by molar-refractivity contribution is -0.121. The van der Waals surface area contributed by atoms with E-state index in [-0.39, 0.29) is 5.91 Å². The second kappa shape index (κ2) is 5.80. The first-order valence-corrected chi connectivity index (χ1v) is 7.11. The first-order chi connectivity index (χ1) is 7.74. The third kappa shape index (κ3) is 3.57. The molecule has 2 rings (SSSR count). The highest BCUT2D eigenvalue weighted by Crippen LogP contribution is 2.20.